The number of anilines is 3. The molecule has 0 unspecified atom stereocenters. The van der Waals surface area contributed by atoms with Crippen LogP contribution in [0.3, 0.4) is 0 Å². The Hall–Kier alpha value is -1.84. The lowest BCUT2D eigenvalue weighted by molar-refractivity contribution is 1.17. The lowest BCUT2D eigenvalue weighted by Crippen LogP contribution is -2.00. The number of aromatic nitrogens is 2. The van der Waals surface area contributed by atoms with Crippen LogP contribution in [0.1, 0.15) is 5.56 Å². The molecule has 0 aliphatic carbocycles. The molecule has 0 saturated carbocycles. The monoisotopic (exact) mass is 325 g/mol. The van der Waals surface area contributed by atoms with E-state index < -0.39 is 0 Å². The third-order valence-corrected chi connectivity index (χ3v) is 2.18. The average Bonchev–Trinajstić information content (AvgIpc) is 2.28. The Morgan fingerprint density at radius 1 is 1.22 bits per heavy atom. The second kappa shape index (κ2) is 6.19. The van der Waals surface area contributed by atoms with Gasteiger partial charge in [-0.3, -0.25) is 0 Å². The summed E-state index contributed by atoms with van der Waals surface area (Å²) in [5, 5.41) is 11.9. The number of hydrogen-bond donors (Lipinski definition) is 2. The van der Waals surface area contributed by atoms with Gasteiger partial charge in [-0.15, -0.1) is 17.0 Å². The van der Waals surface area contributed by atoms with E-state index in [1.807, 2.05) is 6.07 Å². The summed E-state index contributed by atoms with van der Waals surface area (Å²) in [6.07, 6.45) is 0. The van der Waals surface area contributed by atoms with E-state index in [1.54, 1.807) is 24.3 Å². The fraction of sp³-hybridized carbons (Fsp3) is 0. The third-order valence-electron chi connectivity index (χ3n) is 1.98. The number of hydrogen-bond acceptors (Lipinski definition) is 5. The predicted octanol–water partition coefficient (Wildman–Crippen LogP) is 2.91. The second-order valence-electron chi connectivity index (χ2n) is 3.25. The van der Waals surface area contributed by atoms with Gasteiger partial charge in [0, 0.05) is 11.8 Å². The van der Waals surface area contributed by atoms with Crippen molar-refractivity contribution in [1.82, 2.24) is 9.97 Å². The summed E-state index contributed by atoms with van der Waals surface area (Å²) in [5.74, 6) is 0.612. The van der Waals surface area contributed by atoms with Crippen LogP contribution in [-0.4, -0.2) is 9.97 Å². The number of nitrogen functional groups attached to an aromatic ring is 1. The van der Waals surface area contributed by atoms with Crippen LogP contribution in [0, 0.1) is 11.3 Å². The minimum Gasteiger partial charge on any atom is -0.383 e. The summed E-state index contributed by atoms with van der Waals surface area (Å²) in [6, 6.07) is 10.4. The number of benzene rings is 1. The first-order valence-electron chi connectivity index (χ1n) is 4.74. The van der Waals surface area contributed by atoms with Gasteiger partial charge in [-0.25, -0.2) is 4.98 Å². The van der Waals surface area contributed by atoms with E-state index in [2.05, 4.69) is 15.3 Å². The zero-order chi connectivity index (χ0) is 12.3. The first kappa shape index (κ1) is 14.2. The van der Waals surface area contributed by atoms with Gasteiger partial charge in [0.25, 0.3) is 0 Å². The molecule has 1 aromatic heterocycles. The van der Waals surface area contributed by atoms with Crippen molar-refractivity contribution in [2.45, 2.75) is 0 Å². The van der Waals surface area contributed by atoms with Crippen molar-refractivity contribution in [2.24, 2.45) is 0 Å². The van der Waals surface area contributed by atoms with Crippen molar-refractivity contribution in [3.05, 3.63) is 41.0 Å². The van der Waals surface area contributed by atoms with Crippen LogP contribution in [0.15, 0.2) is 30.3 Å². The Bertz CT molecular complexity index is 559. The van der Waals surface area contributed by atoms with Crippen LogP contribution in [0.5, 0.6) is 0 Å². The van der Waals surface area contributed by atoms with E-state index in [1.165, 1.54) is 6.07 Å². The minimum atomic E-state index is 0. The van der Waals surface area contributed by atoms with Gasteiger partial charge in [-0.2, -0.15) is 10.2 Å². The average molecular weight is 327 g/mol. The second-order valence-corrected chi connectivity index (χ2v) is 3.64. The number of nitrogens with zero attached hydrogens (tertiary/aromatic N) is 3. The van der Waals surface area contributed by atoms with E-state index >= 15 is 0 Å². The van der Waals surface area contributed by atoms with E-state index in [9.17, 15) is 0 Å². The molecule has 2 rings (SSSR count). The van der Waals surface area contributed by atoms with Gasteiger partial charge in [0.2, 0.25) is 5.95 Å². The Kier molecular flexibility index (Phi) is 4.89. The lowest BCUT2D eigenvalue weighted by Gasteiger charge is -2.05. The van der Waals surface area contributed by atoms with Gasteiger partial charge < -0.3 is 11.1 Å². The highest BCUT2D eigenvalue weighted by atomic mass is 79.9. The molecule has 2 aromatic rings. The quantitative estimate of drug-likeness (QED) is 0.829. The molecule has 0 atom stereocenters. The number of rotatable bonds is 2. The summed E-state index contributed by atoms with van der Waals surface area (Å²) in [7, 11) is 0. The highest BCUT2D eigenvalue weighted by Gasteiger charge is 2.01. The molecule has 0 fully saturated rings. The van der Waals surface area contributed by atoms with Crippen LogP contribution >= 0.6 is 28.6 Å². The summed E-state index contributed by atoms with van der Waals surface area (Å²) in [5.41, 5.74) is 6.88. The van der Waals surface area contributed by atoms with E-state index in [-0.39, 0.29) is 22.1 Å². The number of halogens is 2. The summed E-state index contributed by atoms with van der Waals surface area (Å²) in [4.78, 5) is 7.95. The van der Waals surface area contributed by atoms with Gasteiger partial charge in [-0.1, -0.05) is 11.6 Å². The molecule has 5 nitrogen and oxygen atoms in total. The molecule has 0 aliphatic heterocycles. The van der Waals surface area contributed by atoms with E-state index in [4.69, 9.17) is 22.6 Å². The molecule has 92 valence electrons. The topological polar surface area (TPSA) is 87.6 Å². The van der Waals surface area contributed by atoms with Gasteiger partial charge in [-0.05, 0) is 24.3 Å². The van der Waals surface area contributed by atoms with E-state index in [0.717, 1.165) is 5.69 Å². The van der Waals surface area contributed by atoms with Crippen molar-refractivity contribution in [3.8, 4) is 6.07 Å². The molecular formula is C11H9BrClN5. The van der Waals surface area contributed by atoms with Crippen molar-refractivity contribution in [2.75, 3.05) is 11.1 Å². The maximum atomic E-state index is 8.66. The summed E-state index contributed by atoms with van der Waals surface area (Å²) < 4.78 is 0. The molecule has 0 radical (unpaired) electrons. The Morgan fingerprint density at radius 3 is 2.44 bits per heavy atom. The van der Waals surface area contributed by atoms with Crippen molar-refractivity contribution >= 4 is 46.0 Å². The van der Waals surface area contributed by atoms with Crippen LogP contribution in [0.25, 0.3) is 0 Å². The zero-order valence-electron chi connectivity index (χ0n) is 9.09. The largest absolute Gasteiger partial charge is 0.383 e. The molecule has 18 heavy (non-hydrogen) atoms. The van der Waals surface area contributed by atoms with Gasteiger partial charge in [0.1, 0.15) is 11.0 Å². The predicted molar refractivity (Wildman–Crippen MR) is 76.2 cm³/mol. The van der Waals surface area contributed by atoms with Gasteiger partial charge in [0.15, 0.2) is 0 Å². The zero-order valence-corrected chi connectivity index (χ0v) is 11.6. The maximum absolute atomic E-state index is 8.66. The molecule has 3 N–H and O–H groups in total. The highest BCUT2D eigenvalue weighted by molar-refractivity contribution is 8.93. The molecule has 1 aromatic carbocycles. The van der Waals surface area contributed by atoms with Crippen molar-refractivity contribution in [3.63, 3.8) is 0 Å². The number of nitriles is 1. The molecule has 7 heteroatoms. The standard InChI is InChI=1S/C11H8ClN5.BrH/c12-9-5-10(14)17-11(16-9)15-8-3-1-7(6-13)2-4-8;/h1-5H,(H3,14,15,16,17);1H. The lowest BCUT2D eigenvalue weighted by atomic mass is 10.2. The Labute approximate surface area is 119 Å². The molecule has 1 heterocycles. The number of nitrogens with two attached hydrogens (primary N) is 1. The van der Waals surface area contributed by atoms with Crippen LogP contribution in [0.2, 0.25) is 5.15 Å². The maximum Gasteiger partial charge on any atom is 0.230 e. The summed E-state index contributed by atoms with van der Waals surface area (Å²) in [6.45, 7) is 0. The van der Waals surface area contributed by atoms with Crippen molar-refractivity contribution < 1.29 is 0 Å². The highest BCUT2D eigenvalue weighted by Crippen LogP contribution is 2.17. The fourth-order valence-corrected chi connectivity index (χ4v) is 1.44. The van der Waals surface area contributed by atoms with Gasteiger partial charge in [0.05, 0.1) is 11.6 Å². The first-order valence-corrected chi connectivity index (χ1v) is 5.12. The molecule has 0 amide bonds. The number of nitrogens with one attached hydrogen (secondary N) is 1. The SMILES string of the molecule is Br.N#Cc1ccc(Nc2nc(N)cc(Cl)n2)cc1. The van der Waals surface area contributed by atoms with Crippen LogP contribution in [-0.2, 0) is 0 Å². The van der Waals surface area contributed by atoms with Crippen LogP contribution < -0.4 is 11.1 Å². The fourth-order valence-electron chi connectivity index (χ4n) is 1.25. The van der Waals surface area contributed by atoms with Crippen LogP contribution in [0.4, 0.5) is 17.5 Å². The Morgan fingerprint density at radius 2 is 1.89 bits per heavy atom. The molecule has 0 aliphatic rings. The minimum absolute atomic E-state index is 0. The van der Waals surface area contributed by atoms with Gasteiger partial charge >= 0.3 is 0 Å². The smallest absolute Gasteiger partial charge is 0.230 e. The molecule has 0 saturated heterocycles. The molecule has 0 spiro atoms. The molecular weight excluding hydrogens is 318 g/mol. The summed E-state index contributed by atoms with van der Waals surface area (Å²) >= 11 is 5.75. The first-order chi connectivity index (χ1) is 8.17. The normalized spacial score (nSPS) is 9.11. The molecule has 0 bridgehead atoms. The Balaban J connectivity index is 0.00000162. The van der Waals surface area contributed by atoms with E-state index in [0.29, 0.717) is 17.3 Å². The van der Waals surface area contributed by atoms with Crippen molar-refractivity contribution in [1.29, 1.82) is 5.26 Å². The third kappa shape index (κ3) is 3.58.